The summed E-state index contributed by atoms with van der Waals surface area (Å²) in [6, 6.07) is 0. The van der Waals surface area contributed by atoms with Crippen LogP contribution < -0.4 is 0 Å². The maximum absolute atomic E-state index is 11.6. The first kappa shape index (κ1) is 12.8. The lowest BCUT2D eigenvalue weighted by molar-refractivity contribution is -0.127. The van der Waals surface area contributed by atoms with Crippen molar-refractivity contribution < 1.29 is 4.79 Å². The van der Waals surface area contributed by atoms with Crippen LogP contribution in [-0.2, 0) is 4.79 Å². The molecule has 3 nitrogen and oxygen atoms in total. The van der Waals surface area contributed by atoms with Gasteiger partial charge >= 0.3 is 0 Å². The molecule has 1 aliphatic heterocycles. The Labute approximate surface area is 101 Å². The molecule has 1 fully saturated rings. The fourth-order valence-corrected chi connectivity index (χ4v) is 3.10. The topological polar surface area (TPSA) is 23.6 Å². The Hall–Kier alpha value is -0.290. The van der Waals surface area contributed by atoms with E-state index in [4.69, 9.17) is 12.2 Å². The molecule has 1 rings (SSSR count). The van der Waals surface area contributed by atoms with Crippen LogP contribution in [0.3, 0.4) is 0 Å². The summed E-state index contributed by atoms with van der Waals surface area (Å²) in [5, 5.41) is -0.0758. The van der Waals surface area contributed by atoms with E-state index < -0.39 is 0 Å². The van der Waals surface area contributed by atoms with Gasteiger partial charge < -0.3 is 9.80 Å². The number of hydrogen-bond donors (Lipinski definition) is 0. The summed E-state index contributed by atoms with van der Waals surface area (Å²) in [5.41, 5.74) is 0. The molecule has 1 aliphatic rings. The van der Waals surface area contributed by atoms with Crippen molar-refractivity contribution in [2.45, 2.75) is 25.0 Å². The monoisotopic (exact) mass is 246 g/mol. The van der Waals surface area contributed by atoms with Crippen LogP contribution in [0.2, 0.25) is 0 Å². The van der Waals surface area contributed by atoms with Crippen molar-refractivity contribution >= 4 is 34.2 Å². The highest BCUT2D eigenvalue weighted by atomic mass is 32.2. The van der Waals surface area contributed by atoms with Crippen molar-refractivity contribution in [3.8, 4) is 0 Å². The molecular formula is C10H18N2OS2. The number of nitrogens with zero attached hydrogens (tertiary/aromatic N) is 2. The molecule has 1 saturated heterocycles. The lowest BCUT2D eigenvalue weighted by atomic mass is 10.4. The lowest BCUT2D eigenvalue weighted by Gasteiger charge is -2.21. The van der Waals surface area contributed by atoms with Crippen LogP contribution in [0.5, 0.6) is 0 Å². The maximum Gasteiger partial charge on any atom is 0.235 e. The number of amides is 1. The first-order valence-corrected chi connectivity index (χ1v) is 6.48. The predicted octanol–water partition coefficient (Wildman–Crippen LogP) is 1.58. The van der Waals surface area contributed by atoms with Gasteiger partial charge in [-0.1, -0.05) is 24.0 Å². The zero-order valence-corrected chi connectivity index (χ0v) is 11.2. The Morgan fingerprint density at radius 1 is 1.40 bits per heavy atom. The molecule has 0 aromatic carbocycles. The van der Waals surface area contributed by atoms with Crippen molar-refractivity contribution in [2.75, 3.05) is 27.2 Å². The van der Waals surface area contributed by atoms with Gasteiger partial charge in [0.25, 0.3) is 0 Å². The van der Waals surface area contributed by atoms with Gasteiger partial charge in [-0.15, -0.1) is 0 Å². The molecule has 15 heavy (non-hydrogen) atoms. The number of likely N-dealkylation sites (tertiary alicyclic amines) is 1. The third-order valence-corrected chi connectivity index (χ3v) is 3.99. The Balaban J connectivity index is 2.40. The lowest BCUT2D eigenvalue weighted by Crippen LogP contribution is -2.33. The van der Waals surface area contributed by atoms with E-state index in [1.165, 1.54) is 24.6 Å². The van der Waals surface area contributed by atoms with E-state index in [1.807, 2.05) is 6.92 Å². The average Bonchev–Trinajstić information content (AvgIpc) is 2.68. The second-order valence-electron chi connectivity index (χ2n) is 3.95. The van der Waals surface area contributed by atoms with Gasteiger partial charge in [-0.2, -0.15) is 0 Å². The SMILES string of the molecule is CC(SC(=S)N1CCCC1)C(=O)N(C)C. The maximum atomic E-state index is 11.6. The fraction of sp³-hybridized carbons (Fsp3) is 0.800. The zero-order chi connectivity index (χ0) is 11.4. The summed E-state index contributed by atoms with van der Waals surface area (Å²) in [5.74, 6) is 0.126. The van der Waals surface area contributed by atoms with Crippen LogP contribution in [0.15, 0.2) is 0 Å². The molecule has 0 aromatic heterocycles. The largest absolute Gasteiger partial charge is 0.358 e. The van der Waals surface area contributed by atoms with Crippen molar-refractivity contribution in [1.82, 2.24) is 9.80 Å². The van der Waals surface area contributed by atoms with Crippen LogP contribution in [-0.4, -0.2) is 52.5 Å². The average molecular weight is 246 g/mol. The minimum Gasteiger partial charge on any atom is -0.358 e. The Kier molecular flexibility index (Phi) is 4.86. The highest BCUT2D eigenvalue weighted by Crippen LogP contribution is 2.20. The Morgan fingerprint density at radius 2 is 1.93 bits per heavy atom. The molecule has 0 saturated carbocycles. The molecule has 0 aromatic rings. The minimum absolute atomic E-state index is 0.0758. The molecule has 1 unspecified atom stereocenters. The van der Waals surface area contributed by atoms with Crippen LogP contribution in [0.4, 0.5) is 0 Å². The predicted molar refractivity (Wildman–Crippen MR) is 69.2 cm³/mol. The molecule has 0 aliphatic carbocycles. The minimum atomic E-state index is -0.0758. The van der Waals surface area contributed by atoms with E-state index in [1.54, 1.807) is 19.0 Å². The standard InChI is InChI=1S/C10H18N2OS2/c1-8(9(13)11(2)3)15-10(14)12-6-4-5-7-12/h8H,4-7H2,1-3H3. The van der Waals surface area contributed by atoms with Gasteiger partial charge in [0.05, 0.1) is 5.25 Å². The summed E-state index contributed by atoms with van der Waals surface area (Å²) < 4.78 is 0.871. The molecule has 0 radical (unpaired) electrons. The molecule has 1 heterocycles. The van der Waals surface area contributed by atoms with E-state index in [-0.39, 0.29) is 11.2 Å². The Morgan fingerprint density at radius 3 is 2.40 bits per heavy atom. The molecule has 0 bridgehead atoms. The van der Waals surface area contributed by atoms with Gasteiger partial charge in [-0.25, -0.2) is 0 Å². The molecular weight excluding hydrogens is 228 g/mol. The van der Waals surface area contributed by atoms with Gasteiger partial charge in [0.2, 0.25) is 5.91 Å². The van der Waals surface area contributed by atoms with Crippen LogP contribution in [0.25, 0.3) is 0 Å². The van der Waals surface area contributed by atoms with Crippen molar-refractivity contribution in [1.29, 1.82) is 0 Å². The van der Waals surface area contributed by atoms with E-state index in [0.717, 1.165) is 17.4 Å². The van der Waals surface area contributed by atoms with Gasteiger partial charge in [0.1, 0.15) is 4.32 Å². The molecule has 1 atom stereocenters. The highest BCUT2D eigenvalue weighted by molar-refractivity contribution is 8.23. The fourth-order valence-electron chi connectivity index (χ4n) is 1.54. The zero-order valence-electron chi connectivity index (χ0n) is 9.52. The molecule has 0 N–H and O–H groups in total. The van der Waals surface area contributed by atoms with Gasteiger partial charge in [0, 0.05) is 27.2 Å². The number of hydrogen-bond acceptors (Lipinski definition) is 3. The summed E-state index contributed by atoms with van der Waals surface area (Å²) in [6.07, 6.45) is 2.44. The van der Waals surface area contributed by atoms with Gasteiger partial charge in [0.15, 0.2) is 0 Å². The van der Waals surface area contributed by atoms with Gasteiger partial charge in [-0.05, 0) is 19.8 Å². The number of rotatable bonds is 2. The van der Waals surface area contributed by atoms with Crippen LogP contribution >= 0.6 is 24.0 Å². The summed E-state index contributed by atoms with van der Waals surface area (Å²) in [7, 11) is 3.55. The summed E-state index contributed by atoms with van der Waals surface area (Å²) >= 11 is 6.81. The third-order valence-electron chi connectivity index (χ3n) is 2.43. The van der Waals surface area contributed by atoms with E-state index in [2.05, 4.69) is 4.90 Å². The van der Waals surface area contributed by atoms with E-state index in [9.17, 15) is 4.79 Å². The number of thioether (sulfide) groups is 1. The quantitative estimate of drug-likeness (QED) is 0.690. The Bertz CT molecular complexity index is 250. The van der Waals surface area contributed by atoms with Crippen molar-refractivity contribution in [2.24, 2.45) is 0 Å². The third kappa shape index (κ3) is 3.65. The first-order valence-electron chi connectivity index (χ1n) is 5.19. The summed E-state index contributed by atoms with van der Waals surface area (Å²) in [6.45, 7) is 4.01. The second-order valence-corrected chi connectivity index (χ2v) is 5.93. The van der Waals surface area contributed by atoms with Crippen LogP contribution in [0.1, 0.15) is 19.8 Å². The van der Waals surface area contributed by atoms with Gasteiger partial charge in [-0.3, -0.25) is 4.79 Å². The van der Waals surface area contributed by atoms with E-state index in [0.29, 0.717) is 0 Å². The highest BCUT2D eigenvalue weighted by Gasteiger charge is 2.21. The number of carbonyl (C=O) groups is 1. The molecule has 1 amide bonds. The molecule has 0 spiro atoms. The second kappa shape index (κ2) is 5.70. The molecule has 86 valence electrons. The smallest absolute Gasteiger partial charge is 0.235 e. The number of carbonyl (C=O) groups excluding carboxylic acids is 1. The van der Waals surface area contributed by atoms with Crippen molar-refractivity contribution in [3.05, 3.63) is 0 Å². The molecule has 5 heteroatoms. The first-order chi connectivity index (χ1) is 7.02. The number of thiocarbonyl (C=S) groups is 1. The normalized spacial score (nSPS) is 17.7. The summed E-state index contributed by atoms with van der Waals surface area (Å²) in [4.78, 5) is 15.4. The van der Waals surface area contributed by atoms with E-state index >= 15 is 0 Å². The van der Waals surface area contributed by atoms with Crippen molar-refractivity contribution in [3.63, 3.8) is 0 Å². The van der Waals surface area contributed by atoms with Crippen LogP contribution in [0, 0.1) is 0 Å².